The van der Waals surface area contributed by atoms with Crippen LogP contribution in [0.25, 0.3) is 0 Å². The highest BCUT2D eigenvalue weighted by molar-refractivity contribution is 7.90. The summed E-state index contributed by atoms with van der Waals surface area (Å²) in [6, 6.07) is 10.7. The van der Waals surface area contributed by atoms with Crippen LogP contribution in [0.15, 0.2) is 59.0 Å². The van der Waals surface area contributed by atoms with Crippen LogP contribution in [0.2, 0.25) is 0 Å². The number of nitrogens with zero attached hydrogens (tertiary/aromatic N) is 1. The molecular formula is C37H55N5O5S. The van der Waals surface area contributed by atoms with Crippen LogP contribution in [0, 0.1) is 11.3 Å². The summed E-state index contributed by atoms with van der Waals surface area (Å²) in [4.78, 5) is 42.9. The molecular weight excluding hydrogens is 627 g/mol. The van der Waals surface area contributed by atoms with Crippen LogP contribution < -0.4 is 21.1 Å². The van der Waals surface area contributed by atoms with Gasteiger partial charge in [-0.2, -0.15) is 0 Å². The minimum absolute atomic E-state index is 0.0688. The Morgan fingerprint density at radius 3 is 2.04 bits per heavy atom. The number of hydrogen-bond donors (Lipinski definition) is 4. The molecule has 0 bridgehead atoms. The second kappa shape index (κ2) is 15.2. The number of sulfonamides is 1. The van der Waals surface area contributed by atoms with Crippen LogP contribution >= 0.6 is 0 Å². The fourth-order valence-corrected chi connectivity index (χ4v) is 7.85. The molecule has 0 saturated heterocycles. The highest BCUT2D eigenvalue weighted by Gasteiger charge is 2.41. The number of rotatable bonds is 12. The molecule has 48 heavy (non-hydrogen) atoms. The zero-order valence-electron chi connectivity index (χ0n) is 30.2. The number of nitrogens with one attached hydrogen (secondary N) is 3. The number of carbonyl (C=O) groups excluding carboxylic acids is 3. The predicted octanol–water partition coefficient (Wildman–Crippen LogP) is 4.48. The van der Waals surface area contributed by atoms with E-state index in [-0.39, 0.29) is 28.2 Å². The Balaban J connectivity index is 1.85. The maximum absolute atomic E-state index is 14.2. The number of anilines is 1. The molecule has 2 aromatic rings. The van der Waals surface area contributed by atoms with Crippen molar-refractivity contribution in [2.45, 2.75) is 110 Å². The van der Waals surface area contributed by atoms with Crippen molar-refractivity contribution < 1.29 is 22.8 Å². The Labute approximate surface area is 287 Å². The van der Waals surface area contributed by atoms with Crippen molar-refractivity contribution >= 4 is 33.4 Å². The SMILES string of the molecule is CN[C@H](C(=O)N[C@H](C(=O)N(C)[C@H](/C=C(\C)C(=O)NS(=O)(=O)c1ccc(N)c2c1CCCC2)C(C)C)C(C)(C)C)C(C)(C)c1ccccc1. The molecule has 264 valence electrons. The summed E-state index contributed by atoms with van der Waals surface area (Å²) in [6.45, 7) is 15.0. The number of nitrogens with two attached hydrogens (primary N) is 1. The van der Waals surface area contributed by atoms with Gasteiger partial charge in [0.1, 0.15) is 6.04 Å². The summed E-state index contributed by atoms with van der Waals surface area (Å²) in [6.07, 6.45) is 4.66. The third-order valence-corrected chi connectivity index (χ3v) is 10.9. The maximum atomic E-state index is 14.2. The molecule has 2 aromatic carbocycles. The lowest BCUT2D eigenvalue weighted by Crippen LogP contribution is -2.61. The molecule has 0 fully saturated rings. The van der Waals surface area contributed by atoms with Crippen molar-refractivity contribution in [1.29, 1.82) is 0 Å². The molecule has 3 amide bonds. The molecule has 3 atom stereocenters. The number of carbonyl (C=O) groups is 3. The normalized spacial score (nSPS) is 16.0. The first kappa shape index (κ1) is 38.7. The summed E-state index contributed by atoms with van der Waals surface area (Å²) in [5.41, 5.74) is 8.07. The molecule has 0 aliphatic heterocycles. The largest absolute Gasteiger partial charge is 0.398 e. The lowest BCUT2D eigenvalue weighted by atomic mass is 9.76. The lowest BCUT2D eigenvalue weighted by molar-refractivity contribution is -0.140. The number of nitrogen functional groups attached to an aromatic ring is 1. The Bertz CT molecular complexity index is 1630. The van der Waals surface area contributed by atoms with E-state index in [2.05, 4.69) is 15.4 Å². The third-order valence-electron chi connectivity index (χ3n) is 9.49. The van der Waals surface area contributed by atoms with Crippen LogP contribution in [0.3, 0.4) is 0 Å². The standard InChI is InChI=1S/C37H55N5O5S/c1-23(2)29(22-24(3)33(43)41-48(46,47)30-21-20-28(38)26-18-14-15-19-27(26)30)42(10)35(45)32(36(4,5)6)40-34(44)31(39-9)37(7,8)25-16-12-11-13-17-25/h11-13,16-17,20-23,29,31-32,39H,14-15,18-19,38H2,1-10H3,(H,40,44)(H,41,43)/b24-22+/t29-,31-,32-/m1/s1. The third kappa shape index (κ3) is 8.66. The molecule has 10 nitrogen and oxygen atoms in total. The molecule has 0 unspecified atom stereocenters. The number of amides is 3. The van der Waals surface area contributed by atoms with Gasteiger partial charge in [-0.05, 0) is 79.8 Å². The van der Waals surface area contributed by atoms with Gasteiger partial charge in [0, 0.05) is 23.7 Å². The number of hydrogen-bond acceptors (Lipinski definition) is 7. The lowest BCUT2D eigenvalue weighted by Gasteiger charge is -2.40. The van der Waals surface area contributed by atoms with Crippen molar-refractivity contribution in [3.05, 3.63) is 70.8 Å². The molecule has 0 aromatic heterocycles. The molecule has 11 heteroatoms. The van der Waals surface area contributed by atoms with Crippen LogP contribution in [-0.2, 0) is 42.7 Å². The summed E-state index contributed by atoms with van der Waals surface area (Å²) >= 11 is 0. The highest BCUT2D eigenvalue weighted by atomic mass is 32.2. The van der Waals surface area contributed by atoms with E-state index >= 15 is 0 Å². The average Bonchev–Trinajstić information content (AvgIpc) is 3.01. The molecule has 0 saturated carbocycles. The van der Waals surface area contributed by atoms with Gasteiger partial charge in [0.15, 0.2) is 0 Å². The van der Waals surface area contributed by atoms with E-state index < -0.39 is 44.9 Å². The zero-order chi connectivity index (χ0) is 36.2. The molecule has 3 rings (SSSR count). The first-order valence-electron chi connectivity index (χ1n) is 16.7. The Kier molecular flexibility index (Phi) is 12.3. The number of likely N-dealkylation sites (N-methyl/N-ethyl adjacent to an activating group) is 2. The van der Waals surface area contributed by atoms with Crippen molar-refractivity contribution in [3.63, 3.8) is 0 Å². The molecule has 0 spiro atoms. The topological polar surface area (TPSA) is 151 Å². The first-order chi connectivity index (χ1) is 22.2. The highest BCUT2D eigenvalue weighted by Crippen LogP contribution is 2.32. The fourth-order valence-electron chi connectivity index (χ4n) is 6.53. The van der Waals surface area contributed by atoms with E-state index in [0.29, 0.717) is 24.1 Å². The molecule has 1 aliphatic rings. The van der Waals surface area contributed by atoms with Gasteiger partial charge in [0.05, 0.1) is 17.0 Å². The van der Waals surface area contributed by atoms with E-state index in [4.69, 9.17) is 5.73 Å². The van der Waals surface area contributed by atoms with Crippen molar-refractivity contribution in [3.8, 4) is 0 Å². The minimum atomic E-state index is -4.17. The fraction of sp³-hybridized carbons (Fsp3) is 0.541. The second-order valence-corrected chi connectivity index (χ2v) is 16.6. The van der Waals surface area contributed by atoms with Gasteiger partial charge in [-0.3, -0.25) is 14.4 Å². The van der Waals surface area contributed by atoms with Gasteiger partial charge in [-0.1, -0.05) is 84.9 Å². The number of fused-ring (bicyclic) bond motifs is 1. The summed E-state index contributed by atoms with van der Waals surface area (Å²) in [5.74, 6) is -1.55. The maximum Gasteiger partial charge on any atom is 0.264 e. The number of benzene rings is 2. The molecule has 5 N–H and O–H groups in total. The Morgan fingerprint density at radius 2 is 1.50 bits per heavy atom. The van der Waals surface area contributed by atoms with Crippen LogP contribution in [0.4, 0.5) is 5.69 Å². The van der Waals surface area contributed by atoms with Gasteiger partial charge in [0.25, 0.3) is 15.9 Å². The van der Waals surface area contributed by atoms with E-state index in [1.807, 2.05) is 78.8 Å². The summed E-state index contributed by atoms with van der Waals surface area (Å²) in [5, 5.41) is 6.18. The van der Waals surface area contributed by atoms with Crippen LogP contribution in [0.1, 0.15) is 84.9 Å². The van der Waals surface area contributed by atoms with E-state index in [0.717, 1.165) is 24.0 Å². The van der Waals surface area contributed by atoms with Crippen molar-refractivity contribution in [1.82, 2.24) is 20.3 Å². The zero-order valence-corrected chi connectivity index (χ0v) is 31.0. The van der Waals surface area contributed by atoms with Gasteiger partial charge >= 0.3 is 0 Å². The van der Waals surface area contributed by atoms with Crippen LogP contribution in [0.5, 0.6) is 0 Å². The minimum Gasteiger partial charge on any atom is -0.398 e. The van der Waals surface area contributed by atoms with Crippen LogP contribution in [-0.4, -0.2) is 63.3 Å². The quantitative estimate of drug-likeness (QED) is 0.191. The Morgan fingerprint density at radius 1 is 0.917 bits per heavy atom. The van der Waals surface area contributed by atoms with Crippen molar-refractivity contribution in [2.24, 2.45) is 11.3 Å². The smallest absolute Gasteiger partial charge is 0.264 e. The molecule has 0 heterocycles. The predicted molar refractivity (Wildman–Crippen MR) is 192 cm³/mol. The van der Waals surface area contributed by atoms with E-state index in [9.17, 15) is 22.8 Å². The van der Waals surface area contributed by atoms with Crippen molar-refractivity contribution in [2.75, 3.05) is 19.8 Å². The first-order valence-corrected chi connectivity index (χ1v) is 18.2. The second-order valence-electron chi connectivity index (χ2n) is 14.9. The summed E-state index contributed by atoms with van der Waals surface area (Å²) in [7, 11) is -0.808. The molecule has 0 radical (unpaired) electrons. The average molecular weight is 682 g/mol. The molecule has 1 aliphatic carbocycles. The van der Waals surface area contributed by atoms with Gasteiger partial charge < -0.3 is 21.3 Å². The van der Waals surface area contributed by atoms with Gasteiger partial charge in [0.2, 0.25) is 11.8 Å². The monoisotopic (exact) mass is 681 g/mol. The van der Waals surface area contributed by atoms with E-state index in [1.165, 1.54) is 17.9 Å². The van der Waals surface area contributed by atoms with Gasteiger partial charge in [-0.25, -0.2) is 13.1 Å². The van der Waals surface area contributed by atoms with Gasteiger partial charge in [-0.15, -0.1) is 0 Å². The Hall–Kier alpha value is -3.70. The summed E-state index contributed by atoms with van der Waals surface area (Å²) < 4.78 is 29.1. The van der Waals surface area contributed by atoms with E-state index in [1.54, 1.807) is 26.2 Å².